The Morgan fingerprint density at radius 2 is 1.71 bits per heavy atom. The van der Waals surface area contributed by atoms with Crippen LogP contribution in [0.5, 0.6) is 5.75 Å². The lowest BCUT2D eigenvalue weighted by molar-refractivity contribution is 0.0139. The Labute approximate surface area is 187 Å². The fourth-order valence-corrected chi connectivity index (χ4v) is 4.04. The SMILES string of the molecule is CC(C)(C)OC(=O)N1CCCC(COc2ccccc2CCCCc2ccccc2)C1. The molecule has 1 saturated heterocycles. The van der Waals surface area contributed by atoms with Crippen LogP contribution in [0.3, 0.4) is 0 Å². The zero-order valence-electron chi connectivity index (χ0n) is 19.3. The maximum Gasteiger partial charge on any atom is 0.410 e. The van der Waals surface area contributed by atoms with Gasteiger partial charge in [0.1, 0.15) is 11.4 Å². The van der Waals surface area contributed by atoms with E-state index >= 15 is 0 Å². The molecule has 2 aromatic rings. The number of hydrogen-bond donors (Lipinski definition) is 0. The van der Waals surface area contributed by atoms with Crippen molar-refractivity contribution >= 4 is 6.09 Å². The highest BCUT2D eigenvalue weighted by Gasteiger charge is 2.28. The van der Waals surface area contributed by atoms with Crippen LogP contribution in [0.4, 0.5) is 4.79 Å². The van der Waals surface area contributed by atoms with Gasteiger partial charge in [-0.3, -0.25) is 0 Å². The summed E-state index contributed by atoms with van der Waals surface area (Å²) in [5, 5.41) is 0. The number of ether oxygens (including phenoxy) is 2. The fraction of sp³-hybridized carbons (Fsp3) is 0.519. The molecule has 0 N–H and O–H groups in total. The number of para-hydroxylation sites is 1. The lowest BCUT2D eigenvalue weighted by Gasteiger charge is -2.34. The van der Waals surface area contributed by atoms with E-state index in [0.29, 0.717) is 19.1 Å². The highest BCUT2D eigenvalue weighted by Crippen LogP contribution is 2.24. The Bertz CT molecular complexity index is 813. The highest BCUT2D eigenvalue weighted by molar-refractivity contribution is 5.68. The molecular weight excluding hydrogens is 386 g/mol. The summed E-state index contributed by atoms with van der Waals surface area (Å²) in [6.45, 7) is 7.84. The van der Waals surface area contributed by atoms with Gasteiger partial charge in [0.25, 0.3) is 0 Å². The molecule has 4 heteroatoms. The fourth-order valence-electron chi connectivity index (χ4n) is 4.04. The van der Waals surface area contributed by atoms with Crippen molar-refractivity contribution in [3.8, 4) is 5.75 Å². The molecular formula is C27H37NO3. The van der Waals surface area contributed by atoms with Gasteiger partial charge in [0.05, 0.1) is 6.61 Å². The number of unbranched alkanes of at least 4 members (excludes halogenated alkanes) is 1. The minimum atomic E-state index is -0.458. The van der Waals surface area contributed by atoms with Crippen molar-refractivity contribution in [3.63, 3.8) is 0 Å². The Kier molecular flexibility index (Phi) is 8.39. The van der Waals surface area contributed by atoms with E-state index in [2.05, 4.69) is 48.5 Å². The molecule has 1 unspecified atom stereocenters. The molecule has 1 aliphatic heterocycles. The van der Waals surface area contributed by atoms with Gasteiger partial charge in [-0.25, -0.2) is 4.79 Å². The van der Waals surface area contributed by atoms with Gasteiger partial charge in [0, 0.05) is 19.0 Å². The summed E-state index contributed by atoms with van der Waals surface area (Å²) >= 11 is 0. The first-order valence-corrected chi connectivity index (χ1v) is 11.6. The van der Waals surface area contributed by atoms with E-state index in [1.165, 1.54) is 17.5 Å². The third-order valence-corrected chi connectivity index (χ3v) is 5.62. The number of carbonyl (C=O) groups excluding carboxylic acids is 1. The second-order valence-corrected chi connectivity index (χ2v) is 9.55. The molecule has 1 heterocycles. The van der Waals surface area contributed by atoms with Gasteiger partial charge in [0.2, 0.25) is 0 Å². The van der Waals surface area contributed by atoms with Crippen molar-refractivity contribution in [2.45, 2.75) is 64.9 Å². The summed E-state index contributed by atoms with van der Waals surface area (Å²) in [5.74, 6) is 1.32. The topological polar surface area (TPSA) is 38.8 Å². The third-order valence-electron chi connectivity index (χ3n) is 5.62. The van der Waals surface area contributed by atoms with Gasteiger partial charge in [-0.05, 0) is 76.5 Å². The number of benzene rings is 2. The number of likely N-dealkylation sites (tertiary alicyclic amines) is 1. The van der Waals surface area contributed by atoms with Gasteiger partial charge in [-0.2, -0.15) is 0 Å². The van der Waals surface area contributed by atoms with E-state index in [1.54, 1.807) is 0 Å². The summed E-state index contributed by atoms with van der Waals surface area (Å²) in [6.07, 6.45) is 6.32. The van der Waals surface area contributed by atoms with Crippen molar-refractivity contribution < 1.29 is 14.3 Å². The Balaban J connectivity index is 1.46. The molecule has 2 aromatic carbocycles. The molecule has 0 spiro atoms. The molecule has 0 bridgehead atoms. The summed E-state index contributed by atoms with van der Waals surface area (Å²) in [6, 6.07) is 19.0. The summed E-state index contributed by atoms with van der Waals surface area (Å²) < 4.78 is 11.8. The lowest BCUT2D eigenvalue weighted by atomic mass is 9.99. The van der Waals surface area contributed by atoms with Gasteiger partial charge >= 0.3 is 6.09 Å². The van der Waals surface area contributed by atoms with Crippen LogP contribution in [-0.4, -0.2) is 36.3 Å². The Morgan fingerprint density at radius 3 is 2.48 bits per heavy atom. The second-order valence-electron chi connectivity index (χ2n) is 9.55. The maximum absolute atomic E-state index is 12.4. The molecule has 0 aliphatic carbocycles. The van der Waals surface area contributed by atoms with Gasteiger partial charge < -0.3 is 14.4 Å². The number of rotatable bonds is 8. The largest absolute Gasteiger partial charge is 0.493 e. The van der Waals surface area contributed by atoms with Crippen molar-refractivity contribution in [1.82, 2.24) is 4.90 Å². The predicted octanol–water partition coefficient (Wildman–Crippen LogP) is 6.28. The highest BCUT2D eigenvalue weighted by atomic mass is 16.6. The molecule has 1 fully saturated rings. The van der Waals surface area contributed by atoms with E-state index in [1.807, 2.05) is 31.7 Å². The molecule has 31 heavy (non-hydrogen) atoms. The quantitative estimate of drug-likeness (QED) is 0.469. The van der Waals surface area contributed by atoms with Crippen molar-refractivity contribution in [2.75, 3.05) is 19.7 Å². The van der Waals surface area contributed by atoms with Gasteiger partial charge in [-0.15, -0.1) is 0 Å². The molecule has 1 aliphatic rings. The second kappa shape index (κ2) is 11.2. The normalized spacial score (nSPS) is 16.7. The predicted molar refractivity (Wildman–Crippen MR) is 126 cm³/mol. The molecule has 1 atom stereocenters. The lowest BCUT2D eigenvalue weighted by Crippen LogP contribution is -2.44. The van der Waals surface area contributed by atoms with Crippen LogP contribution in [0.25, 0.3) is 0 Å². The van der Waals surface area contributed by atoms with E-state index in [-0.39, 0.29) is 6.09 Å². The van der Waals surface area contributed by atoms with Crippen molar-refractivity contribution in [2.24, 2.45) is 5.92 Å². The monoisotopic (exact) mass is 423 g/mol. The minimum Gasteiger partial charge on any atom is -0.493 e. The Morgan fingerprint density at radius 1 is 1.00 bits per heavy atom. The maximum atomic E-state index is 12.4. The first kappa shape index (κ1) is 23.2. The van der Waals surface area contributed by atoms with Crippen LogP contribution in [0.15, 0.2) is 54.6 Å². The standard InChI is InChI=1S/C27H37NO3/c1-27(2,3)31-26(29)28-19-11-15-23(20-28)21-30-25-18-10-9-17-24(25)16-8-7-14-22-12-5-4-6-13-22/h4-6,9-10,12-13,17-18,23H,7-8,11,14-16,19-21H2,1-3H3. The number of amides is 1. The third kappa shape index (κ3) is 7.93. The molecule has 0 saturated carbocycles. The van der Waals surface area contributed by atoms with E-state index in [9.17, 15) is 4.79 Å². The van der Waals surface area contributed by atoms with Crippen LogP contribution in [0.1, 0.15) is 57.6 Å². The average Bonchev–Trinajstić information content (AvgIpc) is 2.76. The molecule has 168 valence electrons. The van der Waals surface area contributed by atoms with Crippen molar-refractivity contribution in [3.05, 3.63) is 65.7 Å². The van der Waals surface area contributed by atoms with E-state index in [0.717, 1.165) is 44.4 Å². The number of nitrogens with zero attached hydrogens (tertiary/aromatic N) is 1. The Hall–Kier alpha value is -2.49. The van der Waals surface area contributed by atoms with Gasteiger partial charge in [-0.1, -0.05) is 48.5 Å². The van der Waals surface area contributed by atoms with Crippen molar-refractivity contribution in [1.29, 1.82) is 0 Å². The number of carbonyl (C=O) groups is 1. The number of aryl methyl sites for hydroxylation is 2. The van der Waals surface area contributed by atoms with E-state index < -0.39 is 5.60 Å². The van der Waals surface area contributed by atoms with Crippen LogP contribution >= 0.6 is 0 Å². The van der Waals surface area contributed by atoms with Gasteiger partial charge in [0.15, 0.2) is 0 Å². The van der Waals surface area contributed by atoms with Crippen LogP contribution < -0.4 is 4.74 Å². The molecule has 0 radical (unpaired) electrons. The molecule has 4 nitrogen and oxygen atoms in total. The average molecular weight is 424 g/mol. The number of piperidine rings is 1. The zero-order valence-corrected chi connectivity index (χ0v) is 19.3. The molecule has 0 aromatic heterocycles. The molecule has 3 rings (SSSR count). The summed E-state index contributed by atoms with van der Waals surface area (Å²) in [4.78, 5) is 14.2. The van der Waals surface area contributed by atoms with E-state index in [4.69, 9.17) is 9.47 Å². The van der Waals surface area contributed by atoms with Crippen LogP contribution in [0, 0.1) is 5.92 Å². The summed E-state index contributed by atoms with van der Waals surface area (Å²) in [5.41, 5.74) is 2.22. The zero-order chi connectivity index (χ0) is 22.1. The smallest absolute Gasteiger partial charge is 0.410 e. The summed E-state index contributed by atoms with van der Waals surface area (Å²) in [7, 11) is 0. The van der Waals surface area contributed by atoms with Crippen LogP contribution in [-0.2, 0) is 17.6 Å². The molecule has 1 amide bonds. The first-order valence-electron chi connectivity index (χ1n) is 11.6. The first-order chi connectivity index (χ1) is 14.9. The van der Waals surface area contributed by atoms with Crippen LogP contribution in [0.2, 0.25) is 0 Å². The number of hydrogen-bond acceptors (Lipinski definition) is 3. The minimum absolute atomic E-state index is 0.212.